The van der Waals surface area contributed by atoms with Gasteiger partial charge in [0.1, 0.15) is 5.82 Å². The Hall–Kier alpha value is -2.49. The molecule has 1 aliphatic rings. The SMILES string of the molecule is O=C(NCC[C@H]1CCCCN1S(=O)(=O)c1ccc(F)cc1)C(=O)NCc1ccc(Cl)cc1. The number of hydrogen-bond donors (Lipinski definition) is 2. The van der Waals surface area contributed by atoms with Crippen molar-refractivity contribution in [1.82, 2.24) is 14.9 Å². The summed E-state index contributed by atoms with van der Waals surface area (Å²) in [5.41, 5.74) is 0.805. The van der Waals surface area contributed by atoms with Gasteiger partial charge < -0.3 is 10.6 Å². The van der Waals surface area contributed by atoms with Crippen LogP contribution in [0.4, 0.5) is 4.39 Å². The summed E-state index contributed by atoms with van der Waals surface area (Å²) in [6, 6.07) is 11.3. The molecular weight excluding hydrogens is 457 g/mol. The minimum atomic E-state index is -3.77. The molecule has 1 fully saturated rings. The molecule has 1 saturated heterocycles. The van der Waals surface area contributed by atoms with Crippen molar-refractivity contribution in [3.05, 3.63) is 64.9 Å². The quantitative estimate of drug-likeness (QED) is 0.594. The predicted octanol–water partition coefficient (Wildman–Crippen LogP) is 2.85. The van der Waals surface area contributed by atoms with Gasteiger partial charge in [-0.3, -0.25) is 9.59 Å². The Labute approximate surface area is 192 Å². The van der Waals surface area contributed by atoms with Crippen LogP contribution in [0.3, 0.4) is 0 Å². The van der Waals surface area contributed by atoms with E-state index in [1.807, 2.05) is 0 Å². The highest BCUT2D eigenvalue weighted by Gasteiger charge is 2.33. The molecule has 2 aromatic carbocycles. The van der Waals surface area contributed by atoms with Crippen molar-refractivity contribution in [3.63, 3.8) is 0 Å². The van der Waals surface area contributed by atoms with Crippen LogP contribution < -0.4 is 10.6 Å². The van der Waals surface area contributed by atoms with Gasteiger partial charge in [0.05, 0.1) is 4.90 Å². The van der Waals surface area contributed by atoms with Gasteiger partial charge >= 0.3 is 11.8 Å². The van der Waals surface area contributed by atoms with Crippen molar-refractivity contribution in [2.24, 2.45) is 0 Å². The van der Waals surface area contributed by atoms with E-state index in [4.69, 9.17) is 11.6 Å². The van der Waals surface area contributed by atoms with Gasteiger partial charge in [0, 0.05) is 30.7 Å². The van der Waals surface area contributed by atoms with Gasteiger partial charge in [0.15, 0.2) is 0 Å². The van der Waals surface area contributed by atoms with Gasteiger partial charge in [0.2, 0.25) is 10.0 Å². The maximum atomic E-state index is 13.2. The fourth-order valence-electron chi connectivity index (χ4n) is 3.62. The fraction of sp³-hybridized carbons (Fsp3) is 0.364. The van der Waals surface area contributed by atoms with E-state index in [0.29, 0.717) is 24.4 Å². The lowest BCUT2D eigenvalue weighted by molar-refractivity contribution is -0.139. The Bertz CT molecular complexity index is 1050. The molecule has 1 heterocycles. The van der Waals surface area contributed by atoms with Crippen LogP contribution in [0, 0.1) is 5.82 Å². The van der Waals surface area contributed by atoms with E-state index in [9.17, 15) is 22.4 Å². The van der Waals surface area contributed by atoms with Crippen molar-refractivity contribution in [1.29, 1.82) is 0 Å². The van der Waals surface area contributed by atoms with Gasteiger partial charge in [-0.05, 0) is 61.2 Å². The second kappa shape index (κ2) is 10.9. The number of hydrogen-bond acceptors (Lipinski definition) is 4. The summed E-state index contributed by atoms with van der Waals surface area (Å²) in [7, 11) is -3.77. The van der Waals surface area contributed by atoms with Gasteiger partial charge in [-0.15, -0.1) is 0 Å². The predicted molar refractivity (Wildman–Crippen MR) is 119 cm³/mol. The standard InChI is InChI=1S/C22H25ClFN3O4S/c23-17-6-4-16(5-7-17)15-26-22(29)21(28)25-13-12-19-3-1-2-14-27(19)32(30,31)20-10-8-18(24)9-11-20/h4-11,19H,1-3,12-15H2,(H,25,28)(H,26,29)/t19-/m1/s1. The molecule has 2 amide bonds. The molecule has 1 aliphatic heterocycles. The van der Waals surface area contributed by atoms with E-state index in [-0.39, 0.29) is 24.0 Å². The first-order chi connectivity index (χ1) is 15.3. The molecule has 0 bridgehead atoms. The molecule has 0 spiro atoms. The van der Waals surface area contributed by atoms with E-state index in [2.05, 4.69) is 10.6 Å². The first-order valence-corrected chi connectivity index (χ1v) is 12.2. The summed E-state index contributed by atoms with van der Waals surface area (Å²) in [5.74, 6) is -2.04. The molecule has 32 heavy (non-hydrogen) atoms. The van der Waals surface area contributed by atoms with Gasteiger partial charge in [-0.2, -0.15) is 4.31 Å². The topological polar surface area (TPSA) is 95.6 Å². The molecule has 0 saturated carbocycles. The molecule has 2 N–H and O–H groups in total. The molecule has 1 atom stereocenters. The number of amides is 2. The molecular formula is C22H25ClFN3O4S. The Morgan fingerprint density at radius 3 is 2.34 bits per heavy atom. The molecule has 10 heteroatoms. The molecule has 0 radical (unpaired) electrons. The van der Waals surface area contributed by atoms with E-state index < -0.39 is 27.7 Å². The Morgan fingerprint density at radius 1 is 1.00 bits per heavy atom. The van der Waals surface area contributed by atoms with Crippen molar-refractivity contribution < 1.29 is 22.4 Å². The zero-order valence-electron chi connectivity index (χ0n) is 17.4. The van der Waals surface area contributed by atoms with Crippen LogP contribution in [0.2, 0.25) is 5.02 Å². The smallest absolute Gasteiger partial charge is 0.309 e. The van der Waals surface area contributed by atoms with Crippen LogP contribution in [0.1, 0.15) is 31.2 Å². The summed E-state index contributed by atoms with van der Waals surface area (Å²) < 4.78 is 40.6. The first-order valence-electron chi connectivity index (χ1n) is 10.4. The number of carbonyl (C=O) groups excluding carboxylic acids is 2. The normalized spacial score (nSPS) is 17.0. The molecule has 172 valence electrons. The molecule has 0 aromatic heterocycles. The Balaban J connectivity index is 1.51. The third-order valence-electron chi connectivity index (χ3n) is 5.33. The number of piperidine rings is 1. The van der Waals surface area contributed by atoms with Gasteiger partial charge in [-0.25, -0.2) is 12.8 Å². The highest BCUT2D eigenvalue weighted by molar-refractivity contribution is 7.89. The Morgan fingerprint density at radius 2 is 1.66 bits per heavy atom. The summed E-state index contributed by atoms with van der Waals surface area (Å²) in [6.45, 7) is 0.711. The molecule has 7 nitrogen and oxygen atoms in total. The van der Waals surface area contributed by atoms with Crippen molar-refractivity contribution in [3.8, 4) is 0 Å². The third kappa shape index (κ3) is 6.27. The first kappa shape index (κ1) is 24.2. The van der Waals surface area contributed by atoms with Crippen LogP contribution in [-0.2, 0) is 26.2 Å². The maximum Gasteiger partial charge on any atom is 0.309 e. The van der Waals surface area contributed by atoms with Crippen molar-refractivity contribution in [2.45, 2.75) is 43.2 Å². The number of nitrogens with zero attached hydrogens (tertiary/aromatic N) is 1. The summed E-state index contributed by atoms with van der Waals surface area (Å²) in [5, 5.41) is 5.67. The minimum Gasteiger partial charge on any atom is -0.348 e. The zero-order chi connectivity index (χ0) is 23.1. The van der Waals surface area contributed by atoms with Crippen LogP contribution in [-0.4, -0.2) is 43.7 Å². The van der Waals surface area contributed by atoms with Crippen LogP contribution >= 0.6 is 11.6 Å². The van der Waals surface area contributed by atoms with Crippen molar-refractivity contribution in [2.75, 3.05) is 13.1 Å². The van der Waals surface area contributed by atoms with Crippen LogP contribution in [0.5, 0.6) is 0 Å². The number of halogens is 2. The van der Waals surface area contributed by atoms with Crippen LogP contribution in [0.25, 0.3) is 0 Å². The number of sulfonamides is 1. The second-order valence-electron chi connectivity index (χ2n) is 7.57. The molecule has 2 aromatic rings. The average Bonchev–Trinajstić information content (AvgIpc) is 2.79. The lowest BCUT2D eigenvalue weighted by Gasteiger charge is -2.34. The molecule has 3 rings (SSSR count). The van der Waals surface area contributed by atoms with E-state index in [1.165, 1.54) is 16.4 Å². The Kier molecular flexibility index (Phi) is 8.22. The maximum absolute atomic E-state index is 13.2. The van der Waals surface area contributed by atoms with Gasteiger partial charge in [0.25, 0.3) is 0 Å². The summed E-state index contributed by atoms with van der Waals surface area (Å²) >= 11 is 5.82. The van der Waals surface area contributed by atoms with Crippen LogP contribution in [0.15, 0.2) is 53.4 Å². The number of nitrogens with one attached hydrogen (secondary N) is 2. The average molecular weight is 482 g/mol. The van der Waals surface area contributed by atoms with Gasteiger partial charge in [-0.1, -0.05) is 30.2 Å². The van der Waals surface area contributed by atoms with E-state index in [0.717, 1.165) is 30.5 Å². The third-order valence-corrected chi connectivity index (χ3v) is 7.55. The minimum absolute atomic E-state index is 0.0383. The number of benzene rings is 2. The number of carbonyl (C=O) groups is 2. The largest absolute Gasteiger partial charge is 0.348 e. The lowest BCUT2D eigenvalue weighted by Crippen LogP contribution is -2.46. The lowest BCUT2D eigenvalue weighted by atomic mass is 10.0. The molecule has 0 aliphatic carbocycles. The molecule has 0 unspecified atom stereocenters. The highest BCUT2D eigenvalue weighted by atomic mass is 35.5. The van der Waals surface area contributed by atoms with E-state index >= 15 is 0 Å². The fourth-order valence-corrected chi connectivity index (χ4v) is 5.47. The summed E-state index contributed by atoms with van der Waals surface area (Å²) in [4.78, 5) is 24.1. The second-order valence-corrected chi connectivity index (χ2v) is 9.90. The summed E-state index contributed by atoms with van der Waals surface area (Å²) in [6.07, 6.45) is 2.63. The highest BCUT2D eigenvalue weighted by Crippen LogP contribution is 2.27. The number of rotatable bonds is 7. The zero-order valence-corrected chi connectivity index (χ0v) is 19.0. The monoisotopic (exact) mass is 481 g/mol. The van der Waals surface area contributed by atoms with Crippen molar-refractivity contribution >= 4 is 33.4 Å². The van der Waals surface area contributed by atoms with E-state index in [1.54, 1.807) is 24.3 Å².